The number of amides is 2. The standard InChI is InChI=1S/C25H32N4O5S/c1-2-34-25(31)28-13-11-27(12-14-28)19-20-3-5-21(6-4-20)24(30)26-22-7-9-23(10-8-22)35(32)29-15-17-33-18-16-29/h3-10H,2,11-19H2,1H3,(H,26,30). The number of piperazine rings is 1. The fraction of sp³-hybridized carbons (Fsp3) is 0.440. The summed E-state index contributed by atoms with van der Waals surface area (Å²) in [6, 6.07) is 14.7. The van der Waals surface area contributed by atoms with Gasteiger partial charge in [-0.05, 0) is 48.9 Å². The first-order chi connectivity index (χ1) is 17.0. The van der Waals surface area contributed by atoms with Crippen LogP contribution in [0.1, 0.15) is 22.8 Å². The molecule has 4 rings (SSSR count). The minimum absolute atomic E-state index is 0.193. The van der Waals surface area contributed by atoms with Crippen LogP contribution in [0.15, 0.2) is 53.4 Å². The van der Waals surface area contributed by atoms with E-state index in [9.17, 15) is 14.1 Å². The molecule has 188 valence electrons. The van der Waals surface area contributed by atoms with E-state index in [4.69, 9.17) is 9.47 Å². The smallest absolute Gasteiger partial charge is 0.409 e. The molecule has 9 nitrogen and oxygen atoms in total. The highest BCUT2D eigenvalue weighted by Gasteiger charge is 2.25. The van der Waals surface area contributed by atoms with Gasteiger partial charge in [0.25, 0.3) is 5.91 Å². The molecule has 2 aromatic carbocycles. The summed E-state index contributed by atoms with van der Waals surface area (Å²) >= 11 is -1.23. The van der Waals surface area contributed by atoms with Gasteiger partial charge in [0.15, 0.2) is 4.90 Å². The monoisotopic (exact) mass is 500 g/mol. The van der Waals surface area contributed by atoms with Gasteiger partial charge < -0.3 is 24.2 Å². The second-order valence-electron chi connectivity index (χ2n) is 8.43. The zero-order valence-corrected chi connectivity index (χ0v) is 20.8. The van der Waals surface area contributed by atoms with Gasteiger partial charge in [0.1, 0.15) is 0 Å². The Morgan fingerprint density at radius 1 is 0.971 bits per heavy atom. The van der Waals surface area contributed by atoms with E-state index in [-0.39, 0.29) is 12.0 Å². The summed E-state index contributed by atoms with van der Waals surface area (Å²) in [5.74, 6) is -0.193. The Kier molecular flexibility index (Phi) is 9.00. The molecular formula is C25H32N4O5S. The lowest BCUT2D eigenvalue weighted by molar-refractivity contribution is 0.0730. The summed E-state index contributed by atoms with van der Waals surface area (Å²) in [5.41, 5.74) is 2.34. The minimum atomic E-state index is -1.23. The van der Waals surface area contributed by atoms with Crippen LogP contribution in [0.5, 0.6) is 0 Å². The Labute approximate surface area is 209 Å². The van der Waals surface area contributed by atoms with E-state index >= 15 is 0 Å². The zero-order chi connectivity index (χ0) is 24.6. The van der Waals surface area contributed by atoms with Crippen LogP contribution in [0, 0.1) is 0 Å². The molecule has 0 aliphatic carbocycles. The molecule has 2 aliphatic heterocycles. The average molecular weight is 501 g/mol. The van der Waals surface area contributed by atoms with Crippen molar-refractivity contribution in [2.45, 2.75) is 18.4 Å². The molecule has 10 heteroatoms. The Bertz CT molecular complexity index is 974. The maximum atomic E-state index is 12.7. The summed E-state index contributed by atoms with van der Waals surface area (Å²) in [5, 5.41) is 2.90. The number of ether oxygens (including phenoxy) is 2. The van der Waals surface area contributed by atoms with Crippen LogP contribution < -0.4 is 5.32 Å². The summed E-state index contributed by atoms with van der Waals surface area (Å²) in [6.07, 6.45) is -0.248. The normalized spacial score (nSPS) is 18.2. The fourth-order valence-electron chi connectivity index (χ4n) is 4.04. The van der Waals surface area contributed by atoms with Crippen molar-refractivity contribution in [3.63, 3.8) is 0 Å². The van der Waals surface area contributed by atoms with Crippen LogP contribution in [0.25, 0.3) is 0 Å². The summed E-state index contributed by atoms with van der Waals surface area (Å²) < 4.78 is 24.9. The molecule has 2 aromatic rings. The van der Waals surface area contributed by atoms with E-state index in [0.717, 1.165) is 25.2 Å². The van der Waals surface area contributed by atoms with Crippen molar-refractivity contribution in [3.8, 4) is 0 Å². The van der Waals surface area contributed by atoms with Gasteiger partial charge in [-0.15, -0.1) is 4.31 Å². The molecule has 1 N–H and O–H groups in total. The molecule has 0 saturated carbocycles. The van der Waals surface area contributed by atoms with Gasteiger partial charge in [-0.3, -0.25) is 9.69 Å². The van der Waals surface area contributed by atoms with E-state index in [0.29, 0.717) is 62.1 Å². The molecular weight excluding hydrogens is 468 g/mol. The van der Waals surface area contributed by atoms with Crippen molar-refractivity contribution in [2.75, 3.05) is 64.4 Å². The fourth-order valence-corrected chi connectivity index (χ4v) is 5.19. The second kappa shape index (κ2) is 12.4. The Balaban J connectivity index is 1.25. The third kappa shape index (κ3) is 6.96. The predicted molar refractivity (Wildman–Crippen MR) is 134 cm³/mol. The molecule has 0 aromatic heterocycles. The lowest BCUT2D eigenvalue weighted by atomic mass is 10.1. The molecule has 1 unspecified atom stereocenters. The number of benzene rings is 2. The maximum absolute atomic E-state index is 12.7. The van der Waals surface area contributed by atoms with E-state index in [1.807, 2.05) is 35.5 Å². The third-order valence-electron chi connectivity index (χ3n) is 6.04. The molecule has 2 aliphatic rings. The minimum Gasteiger partial charge on any atom is -0.593 e. The number of nitrogens with zero attached hydrogens (tertiary/aromatic N) is 3. The number of hydrogen-bond acceptors (Lipinski definition) is 7. The van der Waals surface area contributed by atoms with Gasteiger partial charge in [-0.1, -0.05) is 12.1 Å². The second-order valence-corrected chi connectivity index (χ2v) is 9.91. The van der Waals surface area contributed by atoms with Gasteiger partial charge in [0.05, 0.1) is 44.3 Å². The Morgan fingerprint density at radius 3 is 2.26 bits per heavy atom. The van der Waals surface area contributed by atoms with Gasteiger partial charge >= 0.3 is 6.09 Å². The summed E-state index contributed by atoms with van der Waals surface area (Å²) in [6.45, 7) is 8.30. The Hall–Kier alpha value is -2.63. The largest absolute Gasteiger partial charge is 0.593 e. The lowest BCUT2D eigenvalue weighted by Crippen LogP contribution is -2.48. The van der Waals surface area contributed by atoms with Crippen molar-refractivity contribution >= 4 is 29.0 Å². The van der Waals surface area contributed by atoms with Crippen LogP contribution in [-0.4, -0.2) is 89.7 Å². The molecule has 2 heterocycles. The summed E-state index contributed by atoms with van der Waals surface area (Å²) in [4.78, 5) is 29.2. The first-order valence-corrected chi connectivity index (χ1v) is 13.0. The highest BCUT2D eigenvalue weighted by molar-refractivity contribution is 7.89. The molecule has 2 fully saturated rings. The van der Waals surface area contributed by atoms with Crippen molar-refractivity contribution in [1.82, 2.24) is 14.1 Å². The van der Waals surface area contributed by atoms with Crippen LogP contribution in [0.4, 0.5) is 10.5 Å². The number of rotatable bonds is 7. The van der Waals surface area contributed by atoms with Crippen molar-refractivity contribution in [3.05, 3.63) is 59.7 Å². The highest BCUT2D eigenvalue weighted by Crippen LogP contribution is 2.20. The number of hydrogen-bond donors (Lipinski definition) is 1. The maximum Gasteiger partial charge on any atom is 0.409 e. The molecule has 35 heavy (non-hydrogen) atoms. The van der Waals surface area contributed by atoms with E-state index in [1.165, 1.54) is 0 Å². The van der Waals surface area contributed by atoms with Gasteiger partial charge in [0.2, 0.25) is 0 Å². The lowest BCUT2D eigenvalue weighted by Gasteiger charge is -2.34. The van der Waals surface area contributed by atoms with Gasteiger partial charge in [-0.25, -0.2) is 4.79 Å². The van der Waals surface area contributed by atoms with E-state index in [2.05, 4.69) is 10.2 Å². The van der Waals surface area contributed by atoms with Crippen LogP contribution >= 0.6 is 0 Å². The molecule has 2 amide bonds. The Morgan fingerprint density at radius 2 is 1.63 bits per heavy atom. The predicted octanol–water partition coefficient (Wildman–Crippen LogP) is 2.57. The van der Waals surface area contributed by atoms with Crippen LogP contribution in [-0.2, 0) is 27.4 Å². The number of carbonyl (C=O) groups excluding carboxylic acids is 2. The average Bonchev–Trinajstić information content (AvgIpc) is 2.90. The molecule has 0 bridgehead atoms. The van der Waals surface area contributed by atoms with Gasteiger partial charge in [0, 0.05) is 44.0 Å². The molecule has 0 radical (unpaired) electrons. The van der Waals surface area contributed by atoms with Crippen molar-refractivity contribution < 1.29 is 23.6 Å². The third-order valence-corrected chi connectivity index (χ3v) is 7.55. The van der Waals surface area contributed by atoms with E-state index < -0.39 is 11.4 Å². The van der Waals surface area contributed by atoms with Gasteiger partial charge in [-0.2, -0.15) is 0 Å². The van der Waals surface area contributed by atoms with Crippen LogP contribution in [0.2, 0.25) is 0 Å². The highest BCUT2D eigenvalue weighted by atomic mass is 32.2. The number of nitrogens with one attached hydrogen (secondary N) is 1. The number of anilines is 1. The van der Waals surface area contributed by atoms with Crippen molar-refractivity contribution in [1.29, 1.82) is 0 Å². The summed E-state index contributed by atoms with van der Waals surface area (Å²) in [7, 11) is 0. The number of morpholine rings is 1. The topological polar surface area (TPSA) is 97.4 Å². The first kappa shape index (κ1) is 25.5. The van der Waals surface area contributed by atoms with Crippen LogP contribution in [0.3, 0.4) is 0 Å². The van der Waals surface area contributed by atoms with Crippen molar-refractivity contribution in [2.24, 2.45) is 0 Å². The quantitative estimate of drug-likeness (QED) is 0.584. The molecule has 0 spiro atoms. The first-order valence-electron chi connectivity index (χ1n) is 11.9. The SMILES string of the molecule is CCOC(=O)N1CCN(Cc2ccc(C(=O)Nc3ccc([S+]([O-])N4CCOCC4)cc3)cc2)CC1. The van der Waals surface area contributed by atoms with E-state index in [1.54, 1.807) is 29.2 Å². The molecule has 2 saturated heterocycles. The molecule has 1 atom stereocenters. The zero-order valence-electron chi connectivity index (χ0n) is 20.0. The number of carbonyl (C=O) groups is 2.